The predicted molar refractivity (Wildman–Crippen MR) is 109 cm³/mol. The van der Waals surface area contributed by atoms with Crippen LogP contribution in [0.15, 0.2) is 36.4 Å². The van der Waals surface area contributed by atoms with Gasteiger partial charge in [0.25, 0.3) is 0 Å². The molecule has 2 aromatic carbocycles. The molecule has 2 aromatic rings. The van der Waals surface area contributed by atoms with Gasteiger partial charge in [-0.2, -0.15) is 0 Å². The number of nitrogens with zero attached hydrogens (tertiary/aromatic N) is 2. The molecule has 3 rings (SSSR count). The van der Waals surface area contributed by atoms with Gasteiger partial charge in [-0.05, 0) is 49.4 Å². The highest BCUT2D eigenvalue weighted by Gasteiger charge is 2.17. The molecule has 0 saturated carbocycles. The SMILES string of the molecule is CCN1CCN(c2ccc(NC(=O)Cc3c(F)cccc3Cl)c(C)c2)CC1. The Morgan fingerprint density at radius 1 is 1.19 bits per heavy atom. The van der Waals surface area contributed by atoms with E-state index in [9.17, 15) is 9.18 Å². The molecular formula is C21H25ClFN3O. The standard InChI is InChI=1S/C21H25ClFN3O/c1-3-25-9-11-26(12-10-25)16-7-8-20(15(2)13-16)24-21(27)14-17-18(22)5-4-6-19(17)23/h4-8,13H,3,9-12,14H2,1-2H3,(H,24,27). The van der Waals surface area contributed by atoms with Crippen molar-refractivity contribution >= 4 is 28.9 Å². The molecule has 1 amide bonds. The summed E-state index contributed by atoms with van der Waals surface area (Å²) >= 11 is 6.01. The van der Waals surface area contributed by atoms with Crippen LogP contribution in [0.4, 0.5) is 15.8 Å². The lowest BCUT2D eigenvalue weighted by atomic mass is 10.1. The van der Waals surface area contributed by atoms with Crippen LogP contribution in [0.2, 0.25) is 5.02 Å². The first-order chi connectivity index (χ1) is 13.0. The molecule has 27 heavy (non-hydrogen) atoms. The number of piperazine rings is 1. The molecule has 0 aromatic heterocycles. The molecule has 4 nitrogen and oxygen atoms in total. The number of likely N-dealkylation sites (N-methyl/N-ethyl adjacent to an activating group) is 1. The first kappa shape index (κ1) is 19.6. The van der Waals surface area contributed by atoms with E-state index in [1.54, 1.807) is 6.07 Å². The van der Waals surface area contributed by atoms with Crippen molar-refractivity contribution in [3.8, 4) is 0 Å². The summed E-state index contributed by atoms with van der Waals surface area (Å²) in [5, 5.41) is 3.14. The summed E-state index contributed by atoms with van der Waals surface area (Å²) in [5.41, 5.74) is 3.11. The molecular weight excluding hydrogens is 365 g/mol. The Labute approximate surface area is 164 Å². The van der Waals surface area contributed by atoms with Gasteiger partial charge < -0.3 is 15.1 Å². The third-order valence-electron chi connectivity index (χ3n) is 5.07. The number of carbonyl (C=O) groups is 1. The van der Waals surface area contributed by atoms with Crippen LogP contribution in [0.25, 0.3) is 0 Å². The fourth-order valence-electron chi connectivity index (χ4n) is 3.36. The average molecular weight is 390 g/mol. The van der Waals surface area contributed by atoms with Crippen LogP contribution in [0, 0.1) is 12.7 Å². The predicted octanol–water partition coefficient (Wildman–Crippen LogP) is 4.11. The summed E-state index contributed by atoms with van der Waals surface area (Å²) in [5.74, 6) is -0.745. The van der Waals surface area contributed by atoms with Gasteiger partial charge in [-0.3, -0.25) is 4.79 Å². The lowest BCUT2D eigenvalue weighted by molar-refractivity contribution is -0.115. The Balaban J connectivity index is 1.65. The second-order valence-corrected chi connectivity index (χ2v) is 7.25. The Bertz CT molecular complexity index is 799. The molecule has 1 N–H and O–H groups in total. The van der Waals surface area contributed by atoms with Crippen molar-refractivity contribution < 1.29 is 9.18 Å². The summed E-state index contributed by atoms with van der Waals surface area (Å²) < 4.78 is 13.9. The van der Waals surface area contributed by atoms with Crippen molar-refractivity contribution in [3.63, 3.8) is 0 Å². The lowest BCUT2D eigenvalue weighted by Crippen LogP contribution is -2.46. The van der Waals surface area contributed by atoms with Crippen molar-refractivity contribution in [1.29, 1.82) is 0 Å². The topological polar surface area (TPSA) is 35.6 Å². The van der Waals surface area contributed by atoms with Gasteiger partial charge in [-0.15, -0.1) is 0 Å². The maximum Gasteiger partial charge on any atom is 0.228 e. The first-order valence-corrected chi connectivity index (χ1v) is 9.66. The van der Waals surface area contributed by atoms with Crippen molar-refractivity contribution in [2.75, 3.05) is 42.9 Å². The normalized spacial score (nSPS) is 15.0. The molecule has 6 heteroatoms. The van der Waals surface area contributed by atoms with Gasteiger partial charge in [0.15, 0.2) is 0 Å². The van der Waals surface area contributed by atoms with Crippen molar-refractivity contribution in [3.05, 3.63) is 58.4 Å². The zero-order chi connectivity index (χ0) is 19.4. The average Bonchev–Trinajstić information content (AvgIpc) is 2.66. The Kier molecular flexibility index (Phi) is 6.34. The molecule has 144 valence electrons. The van der Waals surface area contributed by atoms with Gasteiger partial charge in [-0.25, -0.2) is 4.39 Å². The Hall–Kier alpha value is -2.11. The molecule has 1 heterocycles. The second-order valence-electron chi connectivity index (χ2n) is 6.85. The fourth-order valence-corrected chi connectivity index (χ4v) is 3.59. The van der Waals surface area contributed by atoms with Crippen LogP contribution >= 0.6 is 11.6 Å². The van der Waals surface area contributed by atoms with Gasteiger partial charge in [0.1, 0.15) is 5.82 Å². The lowest BCUT2D eigenvalue weighted by Gasteiger charge is -2.35. The number of benzene rings is 2. The summed E-state index contributed by atoms with van der Waals surface area (Å²) in [6.45, 7) is 9.39. The van der Waals surface area contributed by atoms with E-state index >= 15 is 0 Å². The van der Waals surface area contributed by atoms with E-state index in [0.717, 1.165) is 44.0 Å². The third-order valence-corrected chi connectivity index (χ3v) is 5.42. The van der Waals surface area contributed by atoms with Gasteiger partial charge in [0, 0.05) is 48.1 Å². The van der Waals surface area contributed by atoms with E-state index < -0.39 is 5.82 Å². The summed E-state index contributed by atoms with van der Waals surface area (Å²) in [4.78, 5) is 17.1. The van der Waals surface area contributed by atoms with E-state index in [1.807, 2.05) is 19.1 Å². The molecule has 0 bridgehead atoms. The van der Waals surface area contributed by atoms with Crippen LogP contribution < -0.4 is 10.2 Å². The van der Waals surface area contributed by atoms with Crippen LogP contribution in [-0.2, 0) is 11.2 Å². The molecule has 0 atom stereocenters. The highest BCUT2D eigenvalue weighted by molar-refractivity contribution is 6.31. The minimum Gasteiger partial charge on any atom is -0.369 e. The summed E-state index contributed by atoms with van der Waals surface area (Å²) in [6.07, 6.45) is -0.0916. The zero-order valence-corrected chi connectivity index (χ0v) is 16.5. The second kappa shape index (κ2) is 8.72. The van der Waals surface area contributed by atoms with Crippen LogP contribution in [0.3, 0.4) is 0 Å². The van der Waals surface area contributed by atoms with Crippen LogP contribution in [0.5, 0.6) is 0 Å². The van der Waals surface area contributed by atoms with Gasteiger partial charge >= 0.3 is 0 Å². The number of hydrogen-bond donors (Lipinski definition) is 1. The van der Waals surface area contributed by atoms with Crippen molar-refractivity contribution in [1.82, 2.24) is 4.90 Å². The molecule has 1 fully saturated rings. The Morgan fingerprint density at radius 2 is 1.93 bits per heavy atom. The molecule has 1 aliphatic heterocycles. The van der Waals surface area contributed by atoms with Crippen molar-refractivity contribution in [2.45, 2.75) is 20.3 Å². The minimum atomic E-state index is -0.462. The number of aryl methyl sites for hydroxylation is 1. The summed E-state index contributed by atoms with van der Waals surface area (Å²) in [7, 11) is 0. The number of halogens is 2. The number of nitrogens with one attached hydrogen (secondary N) is 1. The fraction of sp³-hybridized carbons (Fsp3) is 0.381. The summed E-state index contributed by atoms with van der Waals surface area (Å²) in [6, 6.07) is 10.5. The van der Waals surface area contributed by atoms with Crippen LogP contribution in [0.1, 0.15) is 18.1 Å². The molecule has 1 aliphatic rings. The molecule has 0 unspecified atom stereocenters. The van der Waals surface area contributed by atoms with Gasteiger partial charge in [-0.1, -0.05) is 24.6 Å². The number of carbonyl (C=O) groups excluding carboxylic acids is 1. The first-order valence-electron chi connectivity index (χ1n) is 9.28. The number of anilines is 2. The maximum atomic E-state index is 13.9. The van der Waals surface area contributed by atoms with Gasteiger partial charge in [0.05, 0.1) is 6.42 Å². The van der Waals surface area contributed by atoms with E-state index in [1.165, 1.54) is 17.8 Å². The molecule has 1 saturated heterocycles. The van der Waals surface area contributed by atoms with E-state index in [4.69, 9.17) is 11.6 Å². The molecule has 0 spiro atoms. The minimum absolute atomic E-state index is 0.0916. The smallest absolute Gasteiger partial charge is 0.228 e. The maximum absolute atomic E-state index is 13.9. The highest BCUT2D eigenvalue weighted by Crippen LogP contribution is 2.25. The van der Waals surface area contributed by atoms with E-state index in [2.05, 4.69) is 28.1 Å². The van der Waals surface area contributed by atoms with Crippen molar-refractivity contribution in [2.24, 2.45) is 0 Å². The van der Waals surface area contributed by atoms with E-state index in [0.29, 0.717) is 0 Å². The number of rotatable bonds is 5. The van der Waals surface area contributed by atoms with Gasteiger partial charge in [0.2, 0.25) is 5.91 Å². The van der Waals surface area contributed by atoms with Crippen LogP contribution in [-0.4, -0.2) is 43.5 Å². The highest BCUT2D eigenvalue weighted by atomic mass is 35.5. The third kappa shape index (κ3) is 4.79. The molecule has 0 aliphatic carbocycles. The Morgan fingerprint density at radius 3 is 2.56 bits per heavy atom. The largest absolute Gasteiger partial charge is 0.369 e. The number of amides is 1. The number of hydrogen-bond acceptors (Lipinski definition) is 3. The van der Waals surface area contributed by atoms with E-state index in [-0.39, 0.29) is 22.9 Å². The quantitative estimate of drug-likeness (QED) is 0.835. The zero-order valence-electron chi connectivity index (χ0n) is 15.8. The molecule has 0 radical (unpaired) electrons. The monoisotopic (exact) mass is 389 g/mol.